The molecule has 2 N–H and O–H groups in total. The van der Waals surface area contributed by atoms with Gasteiger partial charge in [0.05, 0.1) is 6.26 Å². The fourth-order valence-electron chi connectivity index (χ4n) is 3.23. The molecule has 0 aliphatic carbocycles. The van der Waals surface area contributed by atoms with Gasteiger partial charge in [0, 0.05) is 31.6 Å². The summed E-state index contributed by atoms with van der Waals surface area (Å²) in [6.07, 6.45) is 7.92. The van der Waals surface area contributed by atoms with Crippen molar-refractivity contribution in [2.24, 2.45) is 0 Å². The van der Waals surface area contributed by atoms with Crippen LogP contribution in [0, 0.1) is 0 Å². The zero-order chi connectivity index (χ0) is 15.3. The highest BCUT2D eigenvalue weighted by Crippen LogP contribution is 2.16. The summed E-state index contributed by atoms with van der Waals surface area (Å²) in [6, 6.07) is 0.336. The minimum absolute atomic E-state index is 0.134. The second-order valence-corrected chi connectivity index (χ2v) is 8.03. The Morgan fingerprint density at radius 3 is 2.76 bits per heavy atom. The van der Waals surface area contributed by atoms with Crippen molar-refractivity contribution < 1.29 is 13.2 Å². The summed E-state index contributed by atoms with van der Waals surface area (Å²) in [7, 11) is -3.20. The van der Waals surface area contributed by atoms with Crippen LogP contribution >= 0.6 is 0 Å². The van der Waals surface area contributed by atoms with Crippen molar-refractivity contribution in [3.05, 3.63) is 0 Å². The Balaban J connectivity index is 1.76. The molecule has 0 spiro atoms. The van der Waals surface area contributed by atoms with Crippen LogP contribution in [0.2, 0.25) is 0 Å². The molecule has 0 aromatic carbocycles. The number of amides is 1. The van der Waals surface area contributed by atoms with Crippen LogP contribution in [0.15, 0.2) is 0 Å². The van der Waals surface area contributed by atoms with Gasteiger partial charge in [-0.25, -0.2) is 13.1 Å². The molecule has 1 amide bonds. The first-order chi connectivity index (χ1) is 9.94. The largest absolute Gasteiger partial charge is 0.341 e. The summed E-state index contributed by atoms with van der Waals surface area (Å²) >= 11 is 0. The molecule has 2 unspecified atom stereocenters. The lowest BCUT2D eigenvalue weighted by atomic mass is 9.99. The minimum atomic E-state index is -3.20. The molecule has 122 valence electrons. The molecule has 0 aromatic heterocycles. The topological polar surface area (TPSA) is 78.5 Å². The van der Waals surface area contributed by atoms with E-state index in [1.165, 1.54) is 19.1 Å². The van der Waals surface area contributed by atoms with Crippen LogP contribution in [0.1, 0.15) is 44.9 Å². The first-order valence-electron chi connectivity index (χ1n) is 7.92. The van der Waals surface area contributed by atoms with E-state index in [4.69, 9.17) is 0 Å². The Hall–Kier alpha value is -0.660. The van der Waals surface area contributed by atoms with Gasteiger partial charge in [-0.2, -0.15) is 0 Å². The molecule has 0 radical (unpaired) electrons. The quantitative estimate of drug-likeness (QED) is 0.772. The van der Waals surface area contributed by atoms with Crippen LogP contribution in [0.5, 0.6) is 0 Å². The van der Waals surface area contributed by atoms with Gasteiger partial charge >= 0.3 is 0 Å². The van der Waals surface area contributed by atoms with Gasteiger partial charge in [-0.15, -0.1) is 0 Å². The van der Waals surface area contributed by atoms with E-state index in [2.05, 4.69) is 10.0 Å². The molecule has 2 saturated heterocycles. The number of hydrogen-bond acceptors (Lipinski definition) is 4. The van der Waals surface area contributed by atoms with Gasteiger partial charge in [0.1, 0.15) is 0 Å². The van der Waals surface area contributed by atoms with E-state index in [1.54, 1.807) is 0 Å². The zero-order valence-corrected chi connectivity index (χ0v) is 13.6. The lowest BCUT2D eigenvalue weighted by molar-refractivity contribution is -0.132. The molecular weight excluding hydrogens is 290 g/mol. The number of rotatable bonds is 5. The second-order valence-electron chi connectivity index (χ2n) is 6.25. The second kappa shape index (κ2) is 7.56. The highest BCUT2D eigenvalue weighted by Gasteiger charge is 2.25. The summed E-state index contributed by atoms with van der Waals surface area (Å²) in [5.41, 5.74) is 0. The summed E-state index contributed by atoms with van der Waals surface area (Å²) < 4.78 is 25.2. The van der Waals surface area contributed by atoms with Gasteiger partial charge in [0.15, 0.2) is 0 Å². The van der Waals surface area contributed by atoms with E-state index in [0.29, 0.717) is 19.0 Å². The molecule has 2 rings (SSSR count). The molecule has 21 heavy (non-hydrogen) atoms. The monoisotopic (exact) mass is 317 g/mol. The third-order valence-corrected chi connectivity index (χ3v) is 5.04. The van der Waals surface area contributed by atoms with E-state index in [0.717, 1.165) is 38.8 Å². The van der Waals surface area contributed by atoms with Gasteiger partial charge in [0.2, 0.25) is 15.9 Å². The number of piperidine rings is 2. The molecular formula is C14H27N3O3S. The predicted molar refractivity (Wildman–Crippen MR) is 82.5 cm³/mol. The Bertz CT molecular complexity index is 446. The Morgan fingerprint density at radius 2 is 2.10 bits per heavy atom. The van der Waals surface area contributed by atoms with Crippen molar-refractivity contribution >= 4 is 15.9 Å². The van der Waals surface area contributed by atoms with Crippen molar-refractivity contribution in [2.45, 2.75) is 57.0 Å². The average molecular weight is 317 g/mol. The fourth-order valence-corrected chi connectivity index (χ4v) is 4.03. The predicted octanol–water partition coefficient (Wildman–Crippen LogP) is 0.449. The number of likely N-dealkylation sites (tertiary alicyclic amines) is 1. The molecule has 0 bridgehead atoms. The summed E-state index contributed by atoms with van der Waals surface area (Å²) in [4.78, 5) is 14.1. The maximum atomic E-state index is 12.3. The Labute approximate surface area is 127 Å². The van der Waals surface area contributed by atoms with Crippen molar-refractivity contribution in [1.29, 1.82) is 0 Å². The van der Waals surface area contributed by atoms with Gasteiger partial charge in [0.25, 0.3) is 0 Å². The number of nitrogens with one attached hydrogen (secondary N) is 2. The van der Waals surface area contributed by atoms with E-state index < -0.39 is 10.0 Å². The van der Waals surface area contributed by atoms with Crippen LogP contribution in [0.3, 0.4) is 0 Å². The van der Waals surface area contributed by atoms with Crippen LogP contribution in [0.25, 0.3) is 0 Å². The highest BCUT2D eigenvalue weighted by atomic mass is 32.2. The van der Waals surface area contributed by atoms with Crippen LogP contribution in [-0.2, 0) is 14.8 Å². The minimum Gasteiger partial charge on any atom is -0.341 e. The summed E-state index contributed by atoms with van der Waals surface area (Å²) in [5, 5.41) is 3.45. The Morgan fingerprint density at radius 1 is 1.29 bits per heavy atom. The van der Waals surface area contributed by atoms with Crippen LogP contribution < -0.4 is 10.0 Å². The van der Waals surface area contributed by atoms with Gasteiger partial charge in [-0.05, 0) is 38.6 Å². The van der Waals surface area contributed by atoms with Gasteiger partial charge in [-0.1, -0.05) is 6.42 Å². The fraction of sp³-hybridized carbons (Fsp3) is 0.929. The molecule has 2 heterocycles. The number of carbonyl (C=O) groups excluding carboxylic acids is 1. The first-order valence-corrected chi connectivity index (χ1v) is 9.81. The molecule has 2 aliphatic rings. The highest BCUT2D eigenvalue weighted by molar-refractivity contribution is 7.88. The van der Waals surface area contributed by atoms with Gasteiger partial charge < -0.3 is 10.2 Å². The number of sulfonamides is 1. The average Bonchev–Trinajstić information content (AvgIpc) is 2.44. The van der Waals surface area contributed by atoms with Crippen molar-refractivity contribution in [3.63, 3.8) is 0 Å². The van der Waals surface area contributed by atoms with E-state index in [1.807, 2.05) is 4.90 Å². The van der Waals surface area contributed by atoms with Crippen molar-refractivity contribution in [1.82, 2.24) is 14.9 Å². The van der Waals surface area contributed by atoms with Crippen molar-refractivity contribution in [3.8, 4) is 0 Å². The number of nitrogens with zero attached hydrogens (tertiary/aromatic N) is 1. The smallest absolute Gasteiger partial charge is 0.222 e. The molecule has 2 atom stereocenters. The molecule has 0 saturated carbocycles. The Kier molecular flexibility index (Phi) is 6.01. The molecule has 2 aliphatic heterocycles. The lowest BCUT2D eigenvalue weighted by Gasteiger charge is -2.33. The standard InChI is InChI=1S/C14H27N3O3S/c1-21(19,20)16-13-6-4-10-17(11-13)14(18)8-7-12-5-2-3-9-15-12/h12-13,15-16H,2-11H2,1H3. The third-order valence-electron chi connectivity index (χ3n) is 4.27. The van der Waals surface area contributed by atoms with E-state index in [9.17, 15) is 13.2 Å². The van der Waals surface area contributed by atoms with E-state index >= 15 is 0 Å². The summed E-state index contributed by atoms with van der Waals surface area (Å²) in [5.74, 6) is 0.155. The lowest BCUT2D eigenvalue weighted by Crippen LogP contribution is -2.49. The molecule has 6 nitrogen and oxygen atoms in total. The molecule has 2 fully saturated rings. The first kappa shape index (κ1) is 16.7. The van der Waals surface area contributed by atoms with Crippen LogP contribution in [-0.4, -0.2) is 57.2 Å². The maximum Gasteiger partial charge on any atom is 0.222 e. The SMILES string of the molecule is CS(=O)(=O)NC1CCCN(C(=O)CCC2CCCCN2)C1. The summed E-state index contributed by atoms with van der Waals surface area (Å²) in [6.45, 7) is 2.31. The molecule has 0 aromatic rings. The maximum absolute atomic E-state index is 12.3. The molecule has 7 heteroatoms. The van der Waals surface area contributed by atoms with Gasteiger partial charge in [-0.3, -0.25) is 4.79 Å². The third kappa shape index (κ3) is 5.92. The van der Waals surface area contributed by atoms with Crippen molar-refractivity contribution in [2.75, 3.05) is 25.9 Å². The number of carbonyl (C=O) groups is 1. The number of hydrogen-bond donors (Lipinski definition) is 2. The normalized spacial score (nSPS) is 27.6. The van der Waals surface area contributed by atoms with E-state index in [-0.39, 0.29) is 11.9 Å². The zero-order valence-electron chi connectivity index (χ0n) is 12.8. The van der Waals surface area contributed by atoms with Crippen LogP contribution in [0.4, 0.5) is 0 Å².